The van der Waals surface area contributed by atoms with Gasteiger partial charge in [0.05, 0.1) is 0 Å². The molecule has 0 fully saturated rings. The fourth-order valence-electron chi connectivity index (χ4n) is 3.59. The molecule has 0 spiro atoms. The van der Waals surface area contributed by atoms with Crippen molar-refractivity contribution >= 4 is 27.6 Å². The van der Waals surface area contributed by atoms with E-state index in [2.05, 4.69) is 10.0 Å². The van der Waals surface area contributed by atoms with E-state index in [-0.39, 0.29) is 16.7 Å². The maximum atomic E-state index is 12.5. The van der Waals surface area contributed by atoms with Gasteiger partial charge in [0.25, 0.3) is 0 Å². The number of aliphatic carboxylic acids is 1. The molecule has 1 amide bonds. The summed E-state index contributed by atoms with van der Waals surface area (Å²) in [6, 6.07) is 5.25. The molecule has 0 heterocycles. The Morgan fingerprint density at radius 3 is 2.45 bits per heavy atom. The van der Waals surface area contributed by atoms with Crippen molar-refractivity contribution in [1.82, 2.24) is 4.72 Å². The number of nitrogens with one attached hydrogen (secondary N) is 2. The van der Waals surface area contributed by atoms with Gasteiger partial charge < -0.3 is 20.3 Å². The fraction of sp³-hybridized carbons (Fsp3) is 0.333. The molecule has 0 bridgehead atoms. The van der Waals surface area contributed by atoms with Crippen LogP contribution in [0, 0.1) is 6.92 Å². The maximum absolute atomic E-state index is 12.5. The second kappa shape index (κ2) is 8.56. The maximum Gasteiger partial charge on any atom is 0.394 e. The zero-order valence-electron chi connectivity index (χ0n) is 17.4. The third-order valence-corrected chi connectivity index (χ3v) is 6.50. The highest BCUT2D eigenvalue weighted by atomic mass is 32.2. The van der Waals surface area contributed by atoms with Gasteiger partial charge >= 0.3 is 11.9 Å². The number of carboxylic acids is 1. The Morgan fingerprint density at radius 2 is 1.81 bits per heavy atom. The number of ether oxygens (including phenoxy) is 1. The first kappa shape index (κ1) is 22.6. The lowest BCUT2D eigenvalue weighted by Crippen LogP contribution is -2.30. The first-order valence-corrected chi connectivity index (χ1v) is 11.2. The van der Waals surface area contributed by atoms with Crippen molar-refractivity contribution in [3.05, 3.63) is 41.0 Å². The number of carbonyl (C=O) groups excluding carboxylic acids is 1. The molecule has 4 N–H and O–H groups in total. The highest BCUT2D eigenvalue weighted by Gasteiger charge is 2.25. The first-order valence-electron chi connectivity index (χ1n) is 9.72. The number of hydrogen-bond donors (Lipinski definition) is 4. The van der Waals surface area contributed by atoms with Gasteiger partial charge in [0.1, 0.15) is 22.1 Å². The van der Waals surface area contributed by atoms with Crippen molar-refractivity contribution in [2.24, 2.45) is 0 Å². The molecule has 0 atom stereocenters. The second-order valence-electron chi connectivity index (χ2n) is 7.65. The number of carbonyl (C=O) groups is 2. The number of carboxylic acid groups (broad SMARTS) is 1. The van der Waals surface area contributed by atoms with Crippen LogP contribution in [0.1, 0.15) is 37.0 Å². The van der Waals surface area contributed by atoms with Crippen molar-refractivity contribution in [3.63, 3.8) is 0 Å². The van der Waals surface area contributed by atoms with E-state index in [0.717, 1.165) is 17.5 Å². The third kappa shape index (κ3) is 4.80. The van der Waals surface area contributed by atoms with E-state index >= 15 is 0 Å². The van der Waals surface area contributed by atoms with E-state index < -0.39 is 27.6 Å². The highest BCUT2D eigenvalue weighted by molar-refractivity contribution is 7.89. The van der Waals surface area contributed by atoms with Crippen LogP contribution in [0.4, 0.5) is 5.69 Å². The van der Waals surface area contributed by atoms with Crippen LogP contribution in [-0.4, -0.2) is 36.5 Å². The number of amides is 1. The molecule has 31 heavy (non-hydrogen) atoms. The second-order valence-corrected chi connectivity index (χ2v) is 9.33. The number of fused-ring (bicyclic) bond motifs is 1. The number of phenolic OH excluding ortho intramolecular Hbond substituents is 1. The van der Waals surface area contributed by atoms with Crippen molar-refractivity contribution in [2.45, 2.75) is 51.0 Å². The van der Waals surface area contributed by atoms with E-state index in [1.54, 1.807) is 26.8 Å². The molecule has 0 saturated heterocycles. The molecule has 1 aliphatic carbocycles. The van der Waals surface area contributed by atoms with E-state index in [4.69, 9.17) is 9.84 Å². The minimum Gasteiger partial charge on any atom is -0.507 e. The lowest BCUT2D eigenvalue weighted by molar-refractivity contribution is -0.147. The van der Waals surface area contributed by atoms with Gasteiger partial charge in [0, 0.05) is 23.4 Å². The van der Waals surface area contributed by atoms with Gasteiger partial charge in [-0.05, 0) is 69.4 Å². The predicted octanol–water partition coefficient (Wildman–Crippen LogP) is 2.69. The SMILES string of the molecule is Cc1cc(NC(=O)C(=O)O)c2c(c1Oc1ccc(O)c(S(=O)(=O)NC(C)C)c1)CCC2. The summed E-state index contributed by atoms with van der Waals surface area (Å²) >= 11 is 0. The summed E-state index contributed by atoms with van der Waals surface area (Å²) in [5.41, 5.74) is 2.71. The van der Waals surface area contributed by atoms with Crippen LogP contribution in [0.5, 0.6) is 17.2 Å². The molecule has 0 aliphatic heterocycles. The number of sulfonamides is 1. The molecular weight excluding hydrogens is 424 g/mol. The average Bonchev–Trinajstić information content (AvgIpc) is 3.14. The smallest absolute Gasteiger partial charge is 0.394 e. The number of aromatic hydroxyl groups is 1. The summed E-state index contributed by atoms with van der Waals surface area (Å²) in [6.45, 7) is 5.10. The minimum absolute atomic E-state index is 0.224. The van der Waals surface area contributed by atoms with E-state index in [1.807, 2.05) is 0 Å². The van der Waals surface area contributed by atoms with Gasteiger partial charge in [-0.3, -0.25) is 4.79 Å². The molecule has 3 rings (SSSR count). The summed E-state index contributed by atoms with van der Waals surface area (Å²) in [5, 5.41) is 21.3. The number of aryl methyl sites for hydroxylation is 1. The van der Waals surface area contributed by atoms with Crippen LogP contribution < -0.4 is 14.8 Å². The van der Waals surface area contributed by atoms with Gasteiger partial charge in [-0.25, -0.2) is 17.9 Å². The minimum atomic E-state index is -3.94. The lowest BCUT2D eigenvalue weighted by Gasteiger charge is -2.18. The Morgan fingerprint density at radius 1 is 1.13 bits per heavy atom. The van der Waals surface area contributed by atoms with Crippen LogP contribution in [0.2, 0.25) is 0 Å². The van der Waals surface area contributed by atoms with Gasteiger partial charge in [0.15, 0.2) is 0 Å². The number of rotatable bonds is 6. The Labute approximate surface area is 180 Å². The van der Waals surface area contributed by atoms with E-state index in [0.29, 0.717) is 29.8 Å². The topological polar surface area (TPSA) is 142 Å². The Hall–Kier alpha value is -3.11. The molecule has 0 aromatic heterocycles. The normalized spacial score (nSPS) is 13.2. The van der Waals surface area contributed by atoms with Crippen LogP contribution >= 0.6 is 0 Å². The van der Waals surface area contributed by atoms with Gasteiger partial charge in [0.2, 0.25) is 10.0 Å². The standard InChI is InChI=1S/C21H24N2O7S/c1-11(2)23-31(28,29)18-10-13(7-8-17(18)24)30-19-12(3)9-16(22-20(25)21(26)27)14-5-4-6-15(14)19/h7-11,23-24H,4-6H2,1-3H3,(H,22,25)(H,26,27). The predicted molar refractivity (Wildman–Crippen MR) is 113 cm³/mol. The summed E-state index contributed by atoms with van der Waals surface area (Å²) in [6.07, 6.45) is 2.12. The Bertz CT molecular complexity index is 1160. The molecule has 10 heteroatoms. The largest absolute Gasteiger partial charge is 0.507 e. The fourth-order valence-corrected chi connectivity index (χ4v) is 4.96. The molecule has 0 saturated carbocycles. The molecule has 2 aromatic rings. The third-order valence-electron chi connectivity index (χ3n) is 4.81. The Balaban J connectivity index is 1.99. The van der Waals surface area contributed by atoms with Crippen molar-refractivity contribution in [3.8, 4) is 17.2 Å². The summed E-state index contributed by atoms with van der Waals surface area (Å²) < 4.78 is 33.5. The average molecular weight is 448 g/mol. The van der Waals surface area contributed by atoms with Crippen LogP contribution in [0.15, 0.2) is 29.2 Å². The number of phenols is 1. The Kier molecular flexibility index (Phi) is 6.23. The molecule has 0 unspecified atom stereocenters. The lowest BCUT2D eigenvalue weighted by atomic mass is 10.0. The van der Waals surface area contributed by atoms with Crippen molar-refractivity contribution in [1.29, 1.82) is 0 Å². The quantitative estimate of drug-likeness (QED) is 0.498. The zero-order chi connectivity index (χ0) is 22.9. The van der Waals surface area contributed by atoms with Gasteiger partial charge in [-0.15, -0.1) is 0 Å². The monoisotopic (exact) mass is 448 g/mol. The first-order chi connectivity index (χ1) is 14.5. The summed E-state index contributed by atoms with van der Waals surface area (Å²) in [5.74, 6) is -2.34. The zero-order valence-corrected chi connectivity index (χ0v) is 18.2. The molecular formula is C21H24N2O7S. The highest BCUT2D eigenvalue weighted by Crippen LogP contribution is 2.41. The van der Waals surface area contributed by atoms with Gasteiger partial charge in [-0.2, -0.15) is 0 Å². The molecule has 9 nitrogen and oxygen atoms in total. The number of anilines is 1. The summed E-state index contributed by atoms with van der Waals surface area (Å²) in [7, 11) is -3.94. The van der Waals surface area contributed by atoms with E-state index in [1.165, 1.54) is 18.2 Å². The van der Waals surface area contributed by atoms with Crippen LogP contribution in [0.3, 0.4) is 0 Å². The molecule has 0 radical (unpaired) electrons. The van der Waals surface area contributed by atoms with Crippen molar-refractivity contribution in [2.75, 3.05) is 5.32 Å². The van der Waals surface area contributed by atoms with Crippen LogP contribution in [-0.2, 0) is 32.5 Å². The van der Waals surface area contributed by atoms with E-state index in [9.17, 15) is 23.1 Å². The molecule has 2 aromatic carbocycles. The molecule has 1 aliphatic rings. The summed E-state index contributed by atoms with van der Waals surface area (Å²) in [4.78, 5) is 22.2. The van der Waals surface area contributed by atoms with Gasteiger partial charge in [-0.1, -0.05) is 0 Å². The molecule has 166 valence electrons. The number of benzene rings is 2. The van der Waals surface area contributed by atoms with Crippen LogP contribution in [0.25, 0.3) is 0 Å². The number of hydrogen-bond acceptors (Lipinski definition) is 6. The van der Waals surface area contributed by atoms with Crippen molar-refractivity contribution < 1.29 is 33.0 Å².